The average molecular weight is 406 g/mol. The second kappa shape index (κ2) is 7.73. The van der Waals surface area contributed by atoms with Gasteiger partial charge in [-0.3, -0.25) is 9.69 Å². The van der Waals surface area contributed by atoms with Crippen LogP contribution >= 0.6 is 24.0 Å². The number of carbonyl (C=O) groups excluding carboxylic acids is 1. The summed E-state index contributed by atoms with van der Waals surface area (Å²) in [5.74, 6) is -0.0418. The molecular formula is C22H19N3OS2. The van der Waals surface area contributed by atoms with Crippen LogP contribution in [0.25, 0.3) is 23.0 Å². The first-order valence-corrected chi connectivity index (χ1v) is 10.3. The number of para-hydroxylation sites is 1. The minimum Gasteiger partial charge on any atom is -0.293 e. The summed E-state index contributed by atoms with van der Waals surface area (Å²) in [6, 6.07) is 18.2. The number of amides is 1. The van der Waals surface area contributed by atoms with Gasteiger partial charge in [-0.05, 0) is 32.1 Å². The third kappa shape index (κ3) is 3.53. The molecular weight excluding hydrogens is 386 g/mol. The number of thioether (sulfide) groups is 1. The van der Waals surface area contributed by atoms with Crippen molar-refractivity contribution in [1.29, 1.82) is 0 Å². The maximum Gasteiger partial charge on any atom is 0.266 e. The Morgan fingerprint density at radius 2 is 1.82 bits per heavy atom. The Bertz CT molecular complexity index is 1070. The Hall–Kier alpha value is -2.70. The van der Waals surface area contributed by atoms with Crippen LogP contribution in [0.5, 0.6) is 0 Å². The van der Waals surface area contributed by atoms with Gasteiger partial charge in [-0.2, -0.15) is 5.10 Å². The summed E-state index contributed by atoms with van der Waals surface area (Å²) in [7, 11) is 0. The van der Waals surface area contributed by atoms with E-state index >= 15 is 0 Å². The molecule has 0 spiro atoms. The molecule has 2 aromatic carbocycles. The fraction of sp³-hybridized carbons (Fsp3) is 0.136. The van der Waals surface area contributed by atoms with E-state index in [0.717, 1.165) is 22.5 Å². The highest BCUT2D eigenvalue weighted by Gasteiger charge is 2.31. The van der Waals surface area contributed by atoms with Crippen molar-refractivity contribution in [2.75, 3.05) is 6.54 Å². The Labute approximate surface area is 173 Å². The average Bonchev–Trinajstić information content (AvgIpc) is 3.24. The molecule has 0 aliphatic carbocycles. The lowest BCUT2D eigenvalue weighted by Gasteiger charge is -2.09. The van der Waals surface area contributed by atoms with E-state index in [-0.39, 0.29) is 5.91 Å². The molecule has 3 aromatic rings. The number of benzene rings is 2. The van der Waals surface area contributed by atoms with Crippen molar-refractivity contribution < 1.29 is 4.79 Å². The fourth-order valence-electron chi connectivity index (χ4n) is 3.06. The van der Waals surface area contributed by atoms with Crippen LogP contribution in [0.1, 0.15) is 18.1 Å². The fourth-order valence-corrected chi connectivity index (χ4v) is 4.43. The summed E-state index contributed by atoms with van der Waals surface area (Å²) in [5, 5.41) is 4.81. The van der Waals surface area contributed by atoms with E-state index in [0.29, 0.717) is 15.8 Å². The third-order valence-electron chi connectivity index (χ3n) is 4.56. The zero-order chi connectivity index (χ0) is 19.7. The summed E-state index contributed by atoms with van der Waals surface area (Å²) in [6.45, 7) is 4.57. The van der Waals surface area contributed by atoms with Crippen molar-refractivity contribution in [3.8, 4) is 16.9 Å². The maximum absolute atomic E-state index is 12.6. The van der Waals surface area contributed by atoms with Crippen molar-refractivity contribution in [2.24, 2.45) is 0 Å². The van der Waals surface area contributed by atoms with Gasteiger partial charge in [-0.25, -0.2) is 4.68 Å². The van der Waals surface area contributed by atoms with Crippen LogP contribution in [0.3, 0.4) is 0 Å². The second-order valence-corrected chi connectivity index (χ2v) is 8.18. The van der Waals surface area contributed by atoms with Crippen molar-refractivity contribution in [2.45, 2.75) is 13.8 Å². The van der Waals surface area contributed by atoms with E-state index in [1.165, 1.54) is 17.3 Å². The first kappa shape index (κ1) is 18.7. The lowest BCUT2D eigenvalue weighted by Crippen LogP contribution is -2.27. The van der Waals surface area contributed by atoms with Crippen molar-refractivity contribution >= 4 is 40.3 Å². The minimum atomic E-state index is -0.0418. The van der Waals surface area contributed by atoms with Gasteiger partial charge in [0.1, 0.15) is 4.32 Å². The molecule has 0 radical (unpaired) electrons. The van der Waals surface area contributed by atoms with Crippen LogP contribution in [0, 0.1) is 6.92 Å². The number of likely N-dealkylation sites (N-methyl/N-ethyl adjacent to an activating group) is 1. The van der Waals surface area contributed by atoms with E-state index in [1.54, 1.807) is 4.90 Å². The van der Waals surface area contributed by atoms with Gasteiger partial charge in [0.05, 0.1) is 16.3 Å². The van der Waals surface area contributed by atoms with E-state index in [9.17, 15) is 4.79 Å². The molecule has 2 heterocycles. The zero-order valence-electron chi connectivity index (χ0n) is 15.6. The molecule has 0 atom stereocenters. The molecule has 28 heavy (non-hydrogen) atoms. The van der Waals surface area contributed by atoms with E-state index in [2.05, 4.69) is 31.2 Å². The topological polar surface area (TPSA) is 38.1 Å². The van der Waals surface area contributed by atoms with Crippen LogP contribution in [0.4, 0.5) is 0 Å². The summed E-state index contributed by atoms with van der Waals surface area (Å²) in [5.41, 5.74) is 4.90. The Balaban J connectivity index is 1.82. The lowest BCUT2D eigenvalue weighted by molar-refractivity contribution is -0.121. The highest BCUT2D eigenvalue weighted by molar-refractivity contribution is 8.26. The summed E-state index contributed by atoms with van der Waals surface area (Å²) in [6.07, 6.45) is 3.86. The molecule has 1 aliphatic rings. The predicted octanol–water partition coefficient (Wildman–Crippen LogP) is 5.07. The van der Waals surface area contributed by atoms with Crippen LogP contribution in [0.15, 0.2) is 65.7 Å². The van der Waals surface area contributed by atoms with E-state index in [1.807, 2.05) is 54.2 Å². The van der Waals surface area contributed by atoms with E-state index in [4.69, 9.17) is 17.3 Å². The van der Waals surface area contributed by atoms with Crippen LogP contribution in [0.2, 0.25) is 0 Å². The highest BCUT2D eigenvalue weighted by atomic mass is 32.2. The normalized spacial score (nSPS) is 15.6. The monoisotopic (exact) mass is 405 g/mol. The Morgan fingerprint density at radius 3 is 2.46 bits per heavy atom. The quantitative estimate of drug-likeness (QED) is 0.449. The molecule has 1 aliphatic heterocycles. The Morgan fingerprint density at radius 1 is 1.11 bits per heavy atom. The minimum absolute atomic E-state index is 0.0418. The molecule has 4 nitrogen and oxygen atoms in total. The molecule has 0 bridgehead atoms. The SMILES string of the molecule is CCN1C(=O)/C(=C\c2cn(-c3ccccc3)nc2-c2ccc(C)cc2)SC1=S. The van der Waals surface area contributed by atoms with Gasteiger partial charge in [-0.1, -0.05) is 72.0 Å². The maximum atomic E-state index is 12.6. The largest absolute Gasteiger partial charge is 0.293 e. The Kier molecular flexibility index (Phi) is 5.15. The molecule has 1 amide bonds. The van der Waals surface area contributed by atoms with Gasteiger partial charge >= 0.3 is 0 Å². The molecule has 4 rings (SSSR count). The number of rotatable bonds is 4. The van der Waals surface area contributed by atoms with Crippen LogP contribution < -0.4 is 0 Å². The second-order valence-electron chi connectivity index (χ2n) is 6.51. The number of hydrogen-bond acceptors (Lipinski definition) is 4. The van der Waals surface area contributed by atoms with E-state index < -0.39 is 0 Å². The molecule has 6 heteroatoms. The van der Waals surface area contributed by atoms with Crippen molar-refractivity contribution in [3.63, 3.8) is 0 Å². The first-order valence-electron chi connectivity index (χ1n) is 9.04. The molecule has 0 saturated carbocycles. The number of nitrogens with zero attached hydrogens (tertiary/aromatic N) is 3. The van der Waals surface area contributed by atoms with Gasteiger partial charge in [0.25, 0.3) is 5.91 Å². The number of aryl methyl sites for hydroxylation is 1. The standard InChI is InChI=1S/C22H19N3OS2/c1-3-24-21(26)19(28-22(24)27)13-17-14-25(18-7-5-4-6-8-18)23-20(17)16-11-9-15(2)10-12-16/h4-14H,3H2,1-2H3/b19-13+. The van der Waals surface area contributed by atoms with Gasteiger partial charge < -0.3 is 0 Å². The van der Waals surface area contributed by atoms with Gasteiger partial charge in [-0.15, -0.1) is 0 Å². The number of carbonyl (C=O) groups is 1. The number of thiocarbonyl (C=S) groups is 1. The summed E-state index contributed by atoms with van der Waals surface area (Å²) in [4.78, 5) is 14.9. The molecule has 1 fully saturated rings. The molecule has 1 saturated heterocycles. The third-order valence-corrected chi connectivity index (χ3v) is 5.94. The zero-order valence-corrected chi connectivity index (χ0v) is 17.3. The van der Waals surface area contributed by atoms with Gasteiger partial charge in [0.2, 0.25) is 0 Å². The summed E-state index contributed by atoms with van der Waals surface area (Å²) >= 11 is 6.68. The van der Waals surface area contributed by atoms with Crippen LogP contribution in [-0.2, 0) is 4.79 Å². The highest BCUT2D eigenvalue weighted by Crippen LogP contribution is 2.34. The number of aromatic nitrogens is 2. The van der Waals surface area contributed by atoms with Gasteiger partial charge in [0.15, 0.2) is 0 Å². The number of hydrogen-bond donors (Lipinski definition) is 0. The molecule has 0 N–H and O–H groups in total. The molecule has 1 aromatic heterocycles. The van der Waals surface area contributed by atoms with Crippen LogP contribution in [-0.4, -0.2) is 31.5 Å². The molecule has 0 unspecified atom stereocenters. The van der Waals surface area contributed by atoms with Crippen molar-refractivity contribution in [1.82, 2.24) is 14.7 Å². The van der Waals surface area contributed by atoms with Gasteiger partial charge in [0, 0.05) is 23.9 Å². The summed E-state index contributed by atoms with van der Waals surface area (Å²) < 4.78 is 2.45. The predicted molar refractivity (Wildman–Crippen MR) is 119 cm³/mol. The lowest BCUT2D eigenvalue weighted by atomic mass is 10.1. The smallest absolute Gasteiger partial charge is 0.266 e. The van der Waals surface area contributed by atoms with Crippen molar-refractivity contribution in [3.05, 3.63) is 76.8 Å². The molecule has 140 valence electrons. The first-order chi connectivity index (χ1) is 13.6.